The van der Waals surface area contributed by atoms with Gasteiger partial charge in [-0.25, -0.2) is 13.6 Å². The fourth-order valence-corrected chi connectivity index (χ4v) is 1.83. The third kappa shape index (κ3) is 4.04. The fraction of sp³-hybridized carbons (Fsp3) is 1.00. The van der Waals surface area contributed by atoms with E-state index in [0.717, 1.165) is 6.54 Å². The minimum Gasteiger partial charge on any atom is -0.379 e. The monoisotopic (exact) mass is 208 g/mol. The maximum atomic E-state index is 10.7. The van der Waals surface area contributed by atoms with Crippen LogP contribution in [0.5, 0.6) is 0 Å². The number of hydrogen-bond donors (Lipinski definition) is 1. The zero-order chi connectivity index (χ0) is 9.90. The average molecular weight is 208 g/mol. The third-order valence-corrected chi connectivity index (χ3v) is 2.92. The quantitative estimate of drug-likeness (QED) is 0.645. The highest BCUT2D eigenvalue weighted by atomic mass is 32.2. The fourth-order valence-electron chi connectivity index (χ4n) is 1.34. The summed E-state index contributed by atoms with van der Waals surface area (Å²) >= 11 is 0. The van der Waals surface area contributed by atoms with E-state index < -0.39 is 10.0 Å². The molecule has 0 radical (unpaired) electrons. The van der Waals surface area contributed by atoms with Crippen molar-refractivity contribution >= 4 is 10.0 Å². The van der Waals surface area contributed by atoms with Crippen molar-refractivity contribution in [2.45, 2.75) is 13.0 Å². The number of hydrogen-bond acceptors (Lipinski definition) is 4. The van der Waals surface area contributed by atoms with Crippen LogP contribution >= 0.6 is 0 Å². The smallest absolute Gasteiger partial charge is 0.210 e. The number of ether oxygens (including phenoxy) is 1. The molecule has 78 valence electrons. The van der Waals surface area contributed by atoms with E-state index in [2.05, 4.69) is 4.90 Å². The van der Waals surface area contributed by atoms with Crippen LogP contribution in [0.2, 0.25) is 0 Å². The lowest BCUT2D eigenvalue weighted by Gasteiger charge is -2.32. The SMILES string of the molecule is CC1COCCN1CCS(N)(=O)=O. The standard InChI is InChI=1S/C7H16N2O3S/c1-7-6-12-4-2-9(7)3-5-13(8,10)11/h7H,2-6H2,1H3,(H2,8,10,11). The van der Waals surface area contributed by atoms with Gasteiger partial charge in [-0.05, 0) is 6.92 Å². The van der Waals surface area contributed by atoms with E-state index >= 15 is 0 Å². The summed E-state index contributed by atoms with van der Waals surface area (Å²) in [6, 6.07) is 0.287. The molecule has 0 spiro atoms. The van der Waals surface area contributed by atoms with Crippen LogP contribution in [-0.2, 0) is 14.8 Å². The molecule has 1 fully saturated rings. The molecule has 0 aromatic rings. The topological polar surface area (TPSA) is 72.6 Å². The molecular formula is C7H16N2O3S. The summed E-state index contributed by atoms with van der Waals surface area (Å²) in [5.41, 5.74) is 0. The summed E-state index contributed by atoms with van der Waals surface area (Å²) < 4.78 is 26.6. The molecular weight excluding hydrogens is 192 g/mol. The van der Waals surface area contributed by atoms with Crippen molar-refractivity contribution in [1.82, 2.24) is 4.90 Å². The Morgan fingerprint density at radius 3 is 2.85 bits per heavy atom. The lowest BCUT2D eigenvalue weighted by Crippen LogP contribution is -2.46. The average Bonchev–Trinajstić information content (AvgIpc) is 2.01. The molecule has 0 amide bonds. The molecule has 1 heterocycles. The number of rotatable bonds is 3. The molecule has 0 aromatic carbocycles. The number of nitrogens with zero attached hydrogens (tertiary/aromatic N) is 1. The van der Waals surface area contributed by atoms with Crippen molar-refractivity contribution in [1.29, 1.82) is 0 Å². The summed E-state index contributed by atoms with van der Waals surface area (Å²) in [6.45, 7) is 4.65. The molecule has 0 aliphatic carbocycles. The highest BCUT2D eigenvalue weighted by Gasteiger charge is 2.19. The second kappa shape index (κ2) is 4.36. The summed E-state index contributed by atoms with van der Waals surface area (Å²) in [5.74, 6) is 0.0251. The van der Waals surface area contributed by atoms with Crippen LogP contribution in [0.4, 0.5) is 0 Å². The molecule has 0 bridgehead atoms. The minimum atomic E-state index is -3.33. The van der Waals surface area contributed by atoms with Gasteiger partial charge in [-0.2, -0.15) is 0 Å². The molecule has 1 aliphatic heterocycles. The van der Waals surface area contributed by atoms with Gasteiger partial charge in [0.05, 0.1) is 19.0 Å². The van der Waals surface area contributed by atoms with Crippen molar-refractivity contribution in [3.63, 3.8) is 0 Å². The van der Waals surface area contributed by atoms with E-state index in [0.29, 0.717) is 19.8 Å². The van der Waals surface area contributed by atoms with Crippen LogP contribution in [0.3, 0.4) is 0 Å². The Balaban J connectivity index is 2.35. The Hall–Kier alpha value is -0.170. The molecule has 1 rings (SSSR count). The highest BCUT2D eigenvalue weighted by Crippen LogP contribution is 2.05. The summed E-state index contributed by atoms with van der Waals surface area (Å²) in [5, 5.41) is 4.91. The molecule has 6 heteroatoms. The molecule has 1 unspecified atom stereocenters. The predicted octanol–water partition coefficient (Wildman–Crippen LogP) is -1.00. The Morgan fingerprint density at radius 1 is 1.62 bits per heavy atom. The van der Waals surface area contributed by atoms with Gasteiger partial charge in [0.15, 0.2) is 0 Å². The zero-order valence-electron chi connectivity index (χ0n) is 7.77. The third-order valence-electron chi connectivity index (χ3n) is 2.17. The Bertz CT molecular complexity index is 252. The molecule has 1 saturated heterocycles. The van der Waals surface area contributed by atoms with Gasteiger partial charge >= 0.3 is 0 Å². The Kier molecular flexibility index (Phi) is 3.66. The summed E-state index contributed by atoms with van der Waals surface area (Å²) in [4.78, 5) is 2.08. The van der Waals surface area contributed by atoms with Crippen molar-refractivity contribution < 1.29 is 13.2 Å². The molecule has 5 nitrogen and oxygen atoms in total. The molecule has 0 aromatic heterocycles. The second-order valence-corrected chi connectivity index (χ2v) is 5.06. The van der Waals surface area contributed by atoms with E-state index in [1.54, 1.807) is 0 Å². The zero-order valence-corrected chi connectivity index (χ0v) is 8.59. The van der Waals surface area contributed by atoms with Gasteiger partial charge < -0.3 is 4.74 Å². The van der Waals surface area contributed by atoms with Gasteiger partial charge in [0.25, 0.3) is 0 Å². The van der Waals surface area contributed by atoms with Crippen LogP contribution in [0.25, 0.3) is 0 Å². The van der Waals surface area contributed by atoms with Gasteiger partial charge in [0, 0.05) is 19.1 Å². The van der Waals surface area contributed by atoms with Crippen molar-refractivity contribution in [3.05, 3.63) is 0 Å². The number of morpholine rings is 1. The van der Waals surface area contributed by atoms with Gasteiger partial charge in [0.2, 0.25) is 10.0 Å². The van der Waals surface area contributed by atoms with Crippen LogP contribution in [-0.4, -0.2) is 51.4 Å². The number of primary sulfonamides is 1. The van der Waals surface area contributed by atoms with Crippen molar-refractivity contribution in [2.75, 3.05) is 32.1 Å². The Labute approximate surface area is 78.9 Å². The maximum Gasteiger partial charge on any atom is 0.210 e. The summed E-state index contributed by atoms with van der Waals surface area (Å²) in [7, 11) is -3.33. The van der Waals surface area contributed by atoms with E-state index in [9.17, 15) is 8.42 Å². The van der Waals surface area contributed by atoms with E-state index in [1.807, 2.05) is 6.92 Å². The first-order valence-corrected chi connectivity index (χ1v) is 6.03. The van der Waals surface area contributed by atoms with E-state index in [4.69, 9.17) is 9.88 Å². The van der Waals surface area contributed by atoms with Crippen LogP contribution in [0.1, 0.15) is 6.92 Å². The van der Waals surface area contributed by atoms with Gasteiger partial charge in [0.1, 0.15) is 0 Å². The molecule has 1 atom stereocenters. The molecule has 2 N–H and O–H groups in total. The lowest BCUT2D eigenvalue weighted by atomic mass is 10.2. The van der Waals surface area contributed by atoms with Crippen LogP contribution in [0.15, 0.2) is 0 Å². The minimum absolute atomic E-state index is 0.0251. The normalized spacial score (nSPS) is 26.2. The van der Waals surface area contributed by atoms with Gasteiger partial charge in [-0.15, -0.1) is 0 Å². The number of nitrogens with two attached hydrogens (primary N) is 1. The van der Waals surface area contributed by atoms with Crippen molar-refractivity contribution in [2.24, 2.45) is 5.14 Å². The first-order valence-electron chi connectivity index (χ1n) is 4.31. The van der Waals surface area contributed by atoms with Crippen LogP contribution < -0.4 is 5.14 Å². The first-order chi connectivity index (χ1) is 5.99. The Morgan fingerprint density at radius 2 is 2.31 bits per heavy atom. The van der Waals surface area contributed by atoms with Gasteiger partial charge in [-0.1, -0.05) is 0 Å². The molecule has 1 aliphatic rings. The summed E-state index contributed by atoms with van der Waals surface area (Å²) in [6.07, 6.45) is 0. The molecule has 0 saturated carbocycles. The maximum absolute atomic E-state index is 10.7. The van der Waals surface area contributed by atoms with E-state index in [-0.39, 0.29) is 11.8 Å². The molecule has 13 heavy (non-hydrogen) atoms. The predicted molar refractivity (Wildman–Crippen MR) is 49.8 cm³/mol. The largest absolute Gasteiger partial charge is 0.379 e. The van der Waals surface area contributed by atoms with Gasteiger partial charge in [-0.3, -0.25) is 4.90 Å². The number of sulfonamides is 1. The van der Waals surface area contributed by atoms with Crippen LogP contribution in [0, 0.1) is 0 Å². The first kappa shape index (κ1) is 10.9. The highest BCUT2D eigenvalue weighted by molar-refractivity contribution is 7.89. The second-order valence-electron chi connectivity index (χ2n) is 3.33. The van der Waals surface area contributed by atoms with E-state index in [1.165, 1.54) is 0 Å². The lowest BCUT2D eigenvalue weighted by molar-refractivity contribution is 0.00280. The van der Waals surface area contributed by atoms with Crippen molar-refractivity contribution in [3.8, 4) is 0 Å².